The Morgan fingerprint density at radius 3 is 2.63 bits per heavy atom. The molecule has 0 bridgehead atoms. The number of benzene rings is 2. The normalized spacial score (nSPS) is 18.1. The first-order chi connectivity index (χ1) is 13.1. The van der Waals surface area contributed by atoms with Gasteiger partial charge in [-0.25, -0.2) is 0 Å². The predicted molar refractivity (Wildman–Crippen MR) is 101 cm³/mol. The second-order valence-corrected chi connectivity index (χ2v) is 6.90. The number of carbonyl (C=O) groups is 2. The smallest absolute Gasteiger partial charge is 0.266 e. The van der Waals surface area contributed by atoms with Crippen molar-refractivity contribution < 1.29 is 19.1 Å². The second-order valence-electron chi connectivity index (χ2n) is 6.90. The average Bonchev–Trinajstić information content (AvgIpc) is 3.52. The van der Waals surface area contributed by atoms with Gasteiger partial charge in [0, 0.05) is 12.6 Å². The van der Waals surface area contributed by atoms with E-state index >= 15 is 0 Å². The maximum Gasteiger partial charge on any atom is 0.266 e. The number of amides is 2. The standard InChI is InChI=1S/C21H22N2O4/c1-26-16-10-6-14(7-11-16)13-23(15-8-9-15)20(24)12-19-21(25)22-17-4-2-3-5-18(17)27-19/h2-7,10-11,15,19H,8-9,12-13H2,1H3,(H,22,25)/t19-/m0/s1. The van der Waals surface area contributed by atoms with Gasteiger partial charge in [-0.15, -0.1) is 0 Å². The molecule has 2 amide bonds. The minimum Gasteiger partial charge on any atom is -0.497 e. The molecule has 6 heteroatoms. The van der Waals surface area contributed by atoms with E-state index in [1.54, 1.807) is 19.2 Å². The quantitative estimate of drug-likeness (QED) is 0.853. The van der Waals surface area contributed by atoms with Crippen LogP contribution in [0.15, 0.2) is 48.5 Å². The van der Waals surface area contributed by atoms with Crippen LogP contribution in [0.2, 0.25) is 0 Å². The predicted octanol–water partition coefficient (Wildman–Crippen LogP) is 2.98. The van der Waals surface area contributed by atoms with E-state index in [1.165, 1.54) is 0 Å². The van der Waals surface area contributed by atoms with Crippen LogP contribution < -0.4 is 14.8 Å². The van der Waals surface area contributed by atoms with Crippen molar-refractivity contribution in [1.82, 2.24) is 4.90 Å². The molecule has 1 aliphatic carbocycles. The van der Waals surface area contributed by atoms with E-state index in [2.05, 4.69) is 5.32 Å². The van der Waals surface area contributed by atoms with Gasteiger partial charge in [0.05, 0.1) is 19.2 Å². The summed E-state index contributed by atoms with van der Waals surface area (Å²) in [5.41, 5.74) is 1.68. The first-order valence-electron chi connectivity index (χ1n) is 9.13. The molecule has 1 atom stereocenters. The molecule has 0 unspecified atom stereocenters. The van der Waals surface area contributed by atoms with Gasteiger partial charge in [-0.1, -0.05) is 24.3 Å². The van der Waals surface area contributed by atoms with Crippen molar-refractivity contribution in [2.75, 3.05) is 12.4 Å². The van der Waals surface area contributed by atoms with Crippen molar-refractivity contribution in [2.24, 2.45) is 0 Å². The Kier molecular flexibility index (Phi) is 4.71. The fourth-order valence-electron chi connectivity index (χ4n) is 3.24. The molecule has 1 N–H and O–H groups in total. The zero-order valence-corrected chi connectivity index (χ0v) is 15.2. The third-order valence-electron chi connectivity index (χ3n) is 4.89. The van der Waals surface area contributed by atoms with Gasteiger partial charge in [0.2, 0.25) is 5.91 Å². The highest BCUT2D eigenvalue weighted by Crippen LogP contribution is 2.32. The molecule has 1 heterocycles. The Morgan fingerprint density at radius 2 is 1.93 bits per heavy atom. The summed E-state index contributed by atoms with van der Waals surface area (Å²) in [5, 5.41) is 2.81. The molecule has 0 aromatic heterocycles. The second kappa shape index (κ2) is 7.31. The lowest BCUT2D eigenvalue weighted by atomic mass is 10.1. The Morgan fingerprint density at radius 1 is 1.19 bits per heavy atom. The van der Waals surface area contributed by atoms with E-state index in [0.29, 0.717) is 18.0 Å². The van der Waals surface area contributed by atoms with E-state index in [1.807, 2.05) is 41.3 Å². The fraction of sp³-hybridized carbons (Fsp3) is 0.333. The highest BCUT2D eigenvalue weighted by molar-refractivity contribution is 6.00. The van der Waals surface area contributed by atoms with Crippen LogP contribution in [0.25, 0.3) is 0 Å². The van der Waals surface area contributed by atoms with Gasteiger partial charge < -0.3 is 19.7 Å². The minimum atomic E-state index is -0.801. The zero-order valence-electron chi connectivity index (χ0n) is 15.2. The highest BCUT2D eigenvalue weighted by atomic mass is 16.5. The summed E-state index contributed by atoms with van der Waals surface area (Å²) in [6.45, 7) is 0.526. The van der Waals surface area contributed by atoms with Crippen LogP contribution in [0.1, 0.15) is 24.8 Å². The maximum absolute atomic E-state index is 12.9. The number of para-hydroxylation sites is 2. The van der Waals surface area contributed by atoms with Crippen LogP contribution in [0.5, 0.6) is 11.5 Å². The van der Waals surface area contributed by atoms with Crippen molar-refractivity contribution in [3.05, 3.63) is 54.1 Å². The third-order valence-corrected chi connectivity index (χ3v) is 4.89. The van der Waals surface area contributed by atoms with E-state index < -0.39 is 6.10 Å². The zero-order chi connectivity index (χ0) is 18.8. The number of ether oxygens (including phenoxy) is 2. The summed E-state index contributed by atoms with van der Waals surface area (Å²) in [6, 6.07) is 15.2. The Bertz CT molecular complexity index is 846. The summed E-state index contributed by atoms with van der Waals surface area (Å²) < 4.78 is 11.0. The lowest BCUT2D eigenvalue weighted by Gasteiger charge is -2.28. The lowest BCUT2D eigenvalue weighted by molar-refractivity contribution is -0.138. The molecule has 2 aromatic carbocycles. The molecule has 4 rings (SSSR count). The molecule has 1 fully saturated rings. The largest absolute Gasteiger partial charge is 0.497 e. The monoisotopic (exact) mass is 366 g/mol. The van der Waals surface area contributed by atoms with E-state index in [9.17, 15) is 9.59 Å². The van der Waals surface area contributed by atoms with Gasteiger partial charge >= 0.3 is 0 Å². The summed E-state index contributed by atoms with van der Waals surface area (Å²) in [7, 11) is 1.63. The number of hydrogen-bond donors (Lipinski definition) is 1. The van der Waals surface area contributed by atoms with Gasteiger partial charge in [0.1, 0.15) is 11.5 Å². The molecule has 0 radical (unpaired) electrons. The summed E-state index contributed by atoms with van der Waals surface area (Å²) in [6.07, 6.45) is 1.24. The van der Waals surface area contributed by atoms with Crippen LogP contribution in [-0.4, -0.2) is 36.0 Å². The molecule has 0 spiro atoms. The van der Waals surface area contributed by atoms with Crippen molar-refractivity contribution in [3.8, 4) is 11.5 Å². The summed E-state index contributed by atoms with van der Waals surface area (Å²) in [5.74, 6) is 1.05. The van der Waals surface area contributed by atoms with Crippen LogP contribution in [0.4, 0.5) is 5.69 Å². The average molecular weight is 366 g/mol. The van der Waals surface area contributed by atoms with Crippen LogP contribution in [0, 0.1) is 0 Å². The van der Waals surface area contributed by atoms with Gasteiger partial charge in [0.25, 0.3) is 5.91 Å². The van der Waals surface area contributed by atoms with Crippen molar-refractivity contribution in [3.63, 3.8) is 0 Å². The topological polar surface area (TPSA) is 67.9 Å². The molecule has 1 saturated carbocycles. The number of nitrogens with zero attached hydrogens (tertiary/aromatic N) is 1. The molecule has 0 saturated heterocycles. The number of nitrogens with one attached hydrogen (secondary N) is 1. The highest BCUT2D eigenvalue weighted by Gasteiger charge is 2.36. The first-order valence-corrected chi connectivity index (χ1v) is 9.13. The lowest BCUT2D eigenvalue weighted by Crippen LogP contribution is -2.42. The molecule has 2 aliphatic rings. The number of carbonyl (C=O) groups excluding carboxylic acids is 2. The number of anilines is 1. The molecule has 6 nitrogen and oxygen atoms in total. The third kappa shape index (κ3) is 3.89. The molecular formula is C21H22N2O4. The Labute approximate surface area is 158 Å². The van der Waals surface area contributed by atoms with Gasteiger partial charge in [0.15, 0.2) is 6.10 Å². The van der Waals surface area contributed by atoms with E-state index in [-0.39, 0.29) is 24.3 Å². The molecule has 27 heavy (non-hydrogen) atoms. The van der Waals surface area contributed by atoms with E-state index in [0.717, 1.165) is 24.2 Å². The maximum atomic E-state index is 12.9. The van der Waals surface area contributed by atoms with Crippen molar-refractivity contribution in [1.29, 1.82) is 0 Å². The first kappa shape index (κ1) is 17.4. The van der Waals surface area contributed by atoms with Crippen LogP contribution in [0.3, 0.4) is 0 Å². The van der Waals surface area contributed by atoms with E-state index in [4.69, 9.17) is 9.47 Å². The molecular weight excluding hydrogens is 344 g/mol. The number of hydrogen-bond acceptors (Lipinski definition) is 4. The van der Waals surface area contributed by atoms with Crippen LogP contribution >= 0.6 is 0 Å². The number of methoxy groups -OCH3 is 1. The molecule has 2 aromatic rings. The van der Waals surface area contributed by atoms with Crippen molar-refractivity contribution >= 4 is 17.5 Å². The number of rotatable bonds is 6. The Hall–Kier alpha value is -3.02. The van der Waals surface area contributed by atoms with Gasteiger partial charge in [-0.3, -0.25) is 9.59 Å². The Balaban J connectivity index is 1.44. The summed E-state index contributed by atoms with van der Waals surface area (Å²) >= 11 is 0. The van der Waals surface area contributed by atoms with Gasteiger partial charge in [-0.05, 0) is 42.7 Å². The fourth-order valence-corrected chi connectivity index (χ4v) is 3.24. The SMILES string of the molecule is COc1ccc(CN(C(=O)C[C@@H]2Oc3ccccc3NC2=O)C2CC2)cc1. The van der Waals surface area contributed by atoms with Gasteiger partial charge in [-0.2, -0.15) is 0 Å². The van der Waals surface area contributed by atoms with Crippen LogP contribution in [-0.2, 0) is 16.1 Å². The number of fused-ring (bicyclic) bond motifs is 1. The van der Waals surface area contributed by atoms with Crippen molar-refractivity contribution in [2.45, 2.75) is 38.0 Å². The minimum absolute atomic E-state index is 0.0345. The summed E-state index contributed by atoms with van der Waals surface area (Å²) in [4.78, 5) is 27.1. The molecule has 140 valence electrons. The molecule has 1 aliphatic heterocycles.